The first-order valence-electron chi connectivity index (χ1n) is 9.04. The monoisotopic (exact) mass is 408 g/mol. The fourth-order valence-electron chi connectivity index (χ4n) is 2.37. The van der Waals surface area contributed by atoms with Gasteiger partial charge in [0.1, 0.15) is 17.7 Å². The van der Waals surface area contributed by atoms with Crippen molar-refractivity contribution in [1.29, 1.82) is 0 Å². The summed E-state index contributed by atoms with van der Waals surface area (Å²) in [4.78, 5) is 48.6. The number of nitrogens with one attached hydrogen (secondary N) is 2. The molecule has 2 unspecified atom stereocenters. The molecular weight excluding hydrogens is 380 g/mol. The lowest BCUT2D eigenvalue weighted by atomic mass is 10.1. The molecule has 0 heterocycles. The van der Waals surface area contributed by atoms with E-state index < -0.39 is 48.0 Å². The van der Waals surface area contributed by atoms with Crippen LogP contribution in [0.5, 0.6) is 0 Å². The van der Waals surface area contributed by atoms with Crippen LogP contribution < -0.4 is 10.6 Å². The summed E-state index contributed by atoms with van der Waals surface area (Å²) in [6, 6.07) is 6.73. The highest BCUT2D eigenvalue weighted by Gasteiger charge is 2.30. The Hall–Kier alpha value is -3.10. The molecule has 0 aromatic heterocycles. The lowest BCUT2D eigenvalue weighted by Gasteiger charge is -2.24. The lowest BCUT2D eigenvalue weighted by Crippen LogP contribution is -2.53. The van der Waals surface area contributed by atoms with Crippen LogP contribution in [0.2, 0.25) is 0 Å². The van der Waals surface area contributed by atoms with Crippen molar-refractivity contribution >= 4 is 23.9 Å². The van der Waals surface area contributed by atoms with E-state index in [2.05, 4.69) is 15.4 Å². The van der Waals surface area contributed by atoms with Crippen LogP contribution >= 0.6 is 0 Å². The molecule has 0 aliphatic carbocycles. The van der Waals surface area contributed by atoms with Gasteiger partial charge in [0.2, 0.25) is 5.91 Å². The van der Waals surface area contributed by atoms with Crippen LogP contribution in [0.1, 0.15) is 32.8 Å². The molecule has 2 atom stereocenters. The van der Waals surface area contributed by atoms with Gasteiger partial charge in [-0.3, -0.25) is 9.59 Å². The Morgan fingerprint density at radius 1 is 0.931 bits per heavy atom. The third kappa shape index (κ3) is 9.09. The molecular formula is C20H28N2O7. The van der Waals surface area contributed by atoms with Crippen molar-refractivity contribution < 1.29 is 33.4 Å². The molecule has 0 fully saturated rings. The van der Waals surface area contributed by atoms with E-state index in [0.29, 0.717) is 0 Å². The number of carbonyl (C=O) groups excluding carboxylic acids is 4. The number of carbonyl (C=O) groups is 4. The van der Waals surface area contributed by atoms with Gasteiger partial charge in [-0.05, 0) is 26.3 Å². The molecule has 0 bridgehead atoms. The molecule has 1 aromatic carbocycles. The van der Waals surface area contributed by atoms with E-state index in [1.807, 2.05) is 6.07 Å². The maximum Gasteiger partial charge on any atom is 0.408 e. The van der Waals surface area contributed by atoms with Crippen molar-refractivity contribution in [2.45, 2.75) is 51.3 Å². The number of benzene rings is 1. The molecule has 160 valence electrons. The van der Waals surface area contributed by atoms with E-state index in [1.54, 1.807) is 45.0 Å². The Kier molecular flexibility index (Phi) is 9.11. The minimum Gasteiger partial charge on any atom is -0.469 e. The molecule has 9 nitrogen and oxygen atoms in total. The second kappa shape index (κ2) is 11.0. The van der Waals surface area contributed by atoms with Crippen LogP contribution in [0.25, 0.3) is 0 Å². The molecule has 0 radical (unpaired) electrons. The maximum absolute atomic E-state index is 12.7. The van der Waals surface area contributed by atoms with Crippen LogP contribution in [0.3, 0.4) is 0 Å². The molecule has 0 saturated heterocycles. The predicted molar refractivity (Wildman–Crippen MR) is 104 cm³/mol. The van der Waals surface area contributed by atoms with Gasteiger partial charge in [0.05, 0.1) is 20.6 Å². The highest BCUT2D eigenvalue weighted by atomic mass is 16.6. The highest BCUT2D eigenvalue weighted by Crippen LogP contribution is 2.09. The molecule has 2 N–H and O–H groups in total. The van der Waals surface area contributed by atoms with Gasteiger partial charge in [-0.1, -0.05) is 30.3 Å². The number of alkyl carbamates (subject to hydrolysis) is 1. The fourth-order valence-corrected chi connectivity index (χ4v) is 2.37. The SMILES string of the molecule is COC(=O)CC(NC(=O)OC(C)(C)C)C(=O)NC(Cc1ccccc1)C(=O)OC. The third-order valence-electron chi connectivity index (χ3n) is 3.69. The molecule has 29 heavy (non-hydrogen) atoms. The van der Waals surface area contributed by atoms with Gasteiger partial charge in [-0.25, -0.2) is 9.59 Å². The normalized spacial score (nSPS) is 12.9. The van der Waals surface area contributed by atoms with E-state index in [9.17, 15) is 19.2 Å². The standard InChI is InChI=1S/C20H28N2O7/c1-20(2,3)29-19(26)22-14(12-16(23)27-4)17(24)21-15(18(25)28-5)11-13-9-7-6-8-10-13/h6-10,14-15H,11-12H2,1-5H3,(H,21,24)(H,22,26). The summed E-state index contributed by atoms with van der Waals surface area (Å²) in [7, 11) is 2.37. The van der Waals surface area contributed by atoms with E-state index in [1.165, 1.54) is 7.11 Å². The first-order valence-corrected chi connectivity index (χ1v) is 9.04. The number of hydrogen-bond donors (Lipinski definition) is 2. The first kappa shape index (κ1) is 23.9. The second-order valence-electron chi connectivity index (χ2n) is 7.25. The Morgan fingerprint density at radius 3 is 2.07 bits per heavy atom. The molecule has 1 aromatic rings. The van der Waals surface area contributed by atoms with Gasteiger partial charge in [0, 0.05) is 6.42 Å². The largest absolute Gasteiger partial charge is 0.469 e. The van der Waals surface area contributed by atoms with Crippen LogP contribution in [0.15, 0.2) is 30.3 Å². The number of rotatable bonds is 8. The molecule has 0 aliphatic heterocycles. The Labute approximate surface area is 170 Å². The quantitative estimate of drug-likeness (QED) is 0.492. The first-order chi connectivity index (χ1) is 13.6. The van der Waals surface area contributed by atoms with Crippen molar-refractivity contribution in [3.05, 3.63) is 35.9 Å². The lowest BCUT2D eigenvalue weighted by molar-refractivity contribution is -0.146. The Balaban J connectivity index is 2.94. The average Bonchev–Trinajstić information content (AvgIpc) is 2.65. The number of hydrogen-bond acceptors (Lipinski definition) is 7. The van der Waals surface area contributed by atoms with Crippen molar-refractivity contribution in [2.24, 2.45) is 0 Å². The maximum atomic E-state index is 12.7. The predicted octanol–water partition coefficient (Wildman–Crippen LogP) is 1.34. The molecule has 0 saturated carbocycles. The van der Waals surface area contributed by atoms with Gasteiger partial charge in [0.25, 0.3) is 0 Å². The van der Waals surface area contributed by atoms with Crippen molar-refractivity contribution in [3.8, 4) is 0 Å². The van der Waals surface area contributed by atoms with Crippen LogP contribution in [0.4, 0.5) is 4.79 Å². The fraction of sp³-hybridized carbons (Fsp3) is 0.500. The molecule has 0 aliphatic rings. The minimum absolute atomic E-state index is 0.177. The zero-order valence-electron chi connectivity index (χ0n) is 17.3. The Morgan fingerprint density at radius 2 is 1.55 bits per heavy atom. The average molecular weight is 408 g/mol. The van der Waals surface area contributed by atoms with Gasteiger partial charge in [-0.15, -0.1) is 0 Å². The molecule has 0 spiro atoms. The number of methoxy groups -OCH3 is 2. The van der Waals surface area contributed by atoms with Crippen molar-refractivity contribution in [2.75, 3.05) is 14.2 Å². The minimum atomic E-state index is -1.29. The van der Waals surface area contributed by atoms with Crippen molar-refractivity contribution in [3.63, 3.8) is 0 Å². The molecule has 2 amide bonds. The van der Waals surface area contributed by atoms with Crippen LogP contribution in [0, 0.1) is 0 Å². The van der Waals surface area contributed by atoms with Gasteiger partial charge < -0.3 is 24.8 Å². The van der Waals surface area contributed by atoms with Gasteiger partial charge in [-0.2, -0.15) is 0 Å². The highest BCUT2D eigenvalue weighted by molar-refractivity contribution is 5.92. The van der Waals surface area contributed by atoms with E-state index in [4.69, 9.17) is 9.47 Å². The number of amides is 2. The summed E-state index contributed by atoms with van der Waals surface area (Å²) in [6.07, 6.45) is -1.13. The van der Waals surface area contributed by atoms with Crippen LogP contribution in [-0.2, 0) is 35.0 Å². The van der Waals surface area contributed by atoms with E-state index >= 15 is 0 Å². The molecule has 9 heteroatoms. The Bertz CT molecular complexity index is 713. The topological polar surface area (TPSA) is 120 Å². The number of esters is 2. The second-order valence-corrected chi connectivity index (χ2v) is 7.25. The van der Waals surface area contributed by atoms with Crippen LogP contribution in [-0.4, -0.2) is 55.8 Å². The zero-order valence-corrected chi connectivity index (χ0v) is 17.3. The van der Waals surface area contributed by atoms with Crippen molar-refractivity contribution in [1.82, 2.24) is 10.6 Å². The summed E-state index contributed by atoms with van der Waals surface area (Å²) in [5.41, 5.74) is 0.00549. The molecule has 1 rings (SSSR count). The van der Waals surface area contributed by atoms with Gasteiger partial charge >= 0.3 is 18.0 Å². The smallest absolute Gasteiger partial charge is 0.408 e. The zero-order chi connectivity index (χ0) is 22.0. The summed E-state index contributed by atoms with van der Waals surface area (Å²) < 4.78 is 14.5. The summed E-state index contributed by atoms with van der Waals surface area (Å²) in [5, 5.41) is 4.86. The summed E-state index contributed by atoms with van der Waals surface area (Å²) in [5.74, 6) is -2.11. The number of ether oxygens (including phenoxy) is 3. The summed E-state index contributed by atoms with van der Waals surface area (Å²) >= 11 is 0. The summed E-state index contributed by atoms with van der Waals surface area (Å²) in [6.45, 7) is 4.99. The van der Waals surface area contributed by atoms with E-state index in [-0.39, 0.29) is 6.42 Å². The third-order valence-corrected chi connectivity index (χ3v) is 3.69. The van der Waals surface area contributed by atoms with Gasteiger partial charge in [0.15, 0.2) is 0 Å². The van der Waals surface area contributed by atoms with E-state index in [0.717, 1.165) is 12.7 Å².